The van der Waals surface area contributed by atoms with Gasteiger partial charge in [0.1, 0.15) is 11.8 Å². The van der Waals surface area contributed by atoms with Crippen LogP contribution >= 0.6 is 0 Å². The Hall–Kier alpha value is -4.58. The van der Waals surface area contributed by atoms with Crippen LogP contribution in [0.4, 0.5) is 0 Å². The van der Waals surface area contributed by atoms with Crippen molar-refractivity contribution in [3.63, 3.8) is 0 Å². The van der Waals surface area contributed by atoms with E-state index in [2.05, 4.69) is 80.7 Å². The number of likely N-dealkylation sites (N-methyl/N-ethyl adjacent to an activating group) is 1. The van der Waals surface area contributed by atoms with Crippen molar-refractivity contribution < 1.29 is 9.53 Å². The third kappa shape index (κ3) is 3.57. The third-order valence-corrected chi connectivity index (χ3v) is 9.84. The lowest BCUT2D eigenvalue weighted by Gasteiger charge is -2.58. The third-order valence-electron chi connectivity index (χ3n) is 9.84. The number of fused-ring (bicyclic) bond motifs is 11. The van der Waals surface area contributed by atoms with Crippen LogP contribution in [0.1, 0.15) is 45.0 Å². The highest BCUT2D eigenvalue weighted by molar-refractivity contribution is 5.94. The first-order chi connectivity index (χ1) is 20.6. The van der Waals surface area contributed by atoms with Gasteiger partial charge in [-0.15, -0.1) is 0 Å². The maximum atomic E-state index is 13.3. The lowest BCUT2D eigenvalue weighted by molar-refractivity contribution is -0.0722. The summed E-state index contributed by atoms with van der Waals surface area (Å²) in [4.78, 5) is 25.7. The number of aromatic nitrogens is 2. The second-order valence-electron chi connectivity index (χ2n) is 11.8. The molecule has 5 aromatic rings. The van der Waals surface area contributed by atoms with Crippen LogP contribution in [-0.4, -0.2) is 64.5 Å². The van der Waals surface area contributed by atoms with Gasteiger partial charge in [0, 0.05) is 57.4 Å². The van der Waals surface area contributed by atoms with Crippen molar-refractivity contribution in [3.8, 4) is 11.8 Å². The monoisotopic (exact) mass is 556 g/mol. The molecule has 0 spiro atoms. The number of rotatable bonds is 4. The van der Waals surface area contributed by atoms with Crippen molar-refractivity contribution in [1.29, 1.82) is 5.26 Å². The minimum atomic E-state index is -0.333. The van der Waals surface area contributed by atoms with E-state index in [9.17, 15) is 10.1 Å². The fourth-order valence-electron chi connectivity index (χ4n) is 7.94. The van der Waals surface area contributed by atoms with E-state index < -0.39 is 0 Å². The van der Waals surface area contributed by atoms with Gasteiger partial charge in [0.15, 0.2) is 0 Å². The number of carbonyl (C=O) groups excluding carboxylic acids is 1. The van der Waals surface area contributed by atoms with Crippen molar-refractivity contribution in [3.05, 3.63) is 101 Å². The molecule has 2 aromatic heterocycles. The molecule has 1 saturated heterocycles. The average molecular weight is 557 g/mol. The molecule has 5 atom stereocenters. The van der Waals surface area contributed by atoms with E-state index in [1.165, 1.54) is 27.6 Å². The van der Waals surface area contributed by atoms with E-state index in [4.69, 9.17) is 4.74 Å². The minimum Gasteiger partial charge on any atom is -0.497 e. The number of ether oxygens (including phenoxy) is 1. The van der Waals surface area contributed by atoms with Gasteiger partial charge in [-0.05, 0) is 67.4 Å². The molecule has 8 rings (SSSR count). The predicted molar refractivity (Wildman–Crippen MR) is 161 cm³/mol. The van der Waals surface area contributed by atoms with Crippen LogP contribution in [0.15, 0.2) is 72.8 Å². The van der Waals surface area contributed by atoms with Crippen LogP contribution in [0.2, 0.25) is 0 Å². The summed E-state index contributed by atoms with van der Waals surface area (Å²) in [6.45, 7) is 0.391. The zero-order valence-electron chi connectivity index (χ0n) is 23.6. The summed E-state index contributed by atoms with van der Waals surface area (Å²) in [5, 5.41) is 16.4. The van der Waals surface area contributed by atoms with Gasteiger partial charge in [-0.1, -0.05) is 36.4 Å². The van der Waals surface area contributed by atoms with Gasteiger partial charge in [0.05, 0.1) is 25.3 Å². The Bertz CT molecular complexity index is 1880. The molecule has 210 valence electrons. The molecule has 1 amide bonds. The van der Waals surface area contributed by atoms with E-state index >= 15 is 0 Å². The number of nitriles is 1. The molecule has 0 saturated carbocycles. The topological polar surface area (TPSA) is 100 Å². The van der Waals surface area contributed by atoms with E-state index in [0.717, 1.165) is 29.6 Å². The standard InChI is InChI=1S/C34H32N6O2/c1-39-27-15-24-22-8-4-6-10-26(22)38-32(24)33(39)28-16-23-21-7-3-5-9-25(21)37-31(23)30(40(28)29(27)17-35)18-36-34(41)19-11-13-20(42-2)14-12-19/h3-14,27-30,33,37-38H,15-16,18H2,1-2H3,(H,36,41)/t27-,28-,29-,30-,33-/m0/s1. The number of piperazine rings is 1. The Morgan fingerprint density at radius 3 is 2.21 bits per heavy atom. The van der Waals surface area contributed by atoms with Crippen molar-refractivity contribution >= 4 is 27.7 Å². The van der Waals surface area contributed by atoms with Gasteiger partial charge in [-0.2, -0.15) is 5.26 Å². The maximum absolute atomic E-state index is 13.3. The van der Waals surface area contributed by atoms with Gasteiger partial charge < -0.3 is 20.0 Å². The number of nitrogens with zero attached hydrogens (tertiary/aromatic N) is 3. The number of H-pyrrole nitrogens is 2. The Morgan fingerprint density at radius 1 is 0.929 bits per heavy atom. The number of amides is 1. The first-order valence-corrected chi connectivity index (χ1v) is 14.6. The Labute approximate surface area is 243 Å². The number of methoxy groups -OCH3 is 1. The lowest BCUT2D eigenvalue weighted by atomic mass is 9.75. The van der Waals surface area contributed by atoms with Crippen LogP contribution < -0.4 is 10.1 Å². The summed E-state index contributed by atoms with van der Waals surface area (Å²) in [5.74, 6) is 0.569. The number of aromatic amines is 2. The number of carbonyl (C=O) groups is 1. The lowest BCUT2D eigenvalue weighted by Crippen LogP contribution is -2.68. The molecule has 5 heterocycles. The number of hydrogen-bond donors (Lipinski definition) is 3. The van der Waals surface area contributed by atoms with Crippen molar-refractivity contribution in [2.75, 3.05) is 20.7 Å². The van der Waals surface area contributed by atoms with E-state index in [0.29, 0.717) is 17.9 Å². The van der Waals surface area contributed by atoms with Crippen molar-refractivity contribution in [2.24, 2.45) is 0 Å². The summed E-state index contributed by atoms with van der Waals surface area (Å²) in [6.07, 6.45) is 1.62. The van der Waals surface area contributed by atoms with Crippen LogP contribution in [0.3, 0.4) is 0 Å². The molecular formula is C34H32N6O2. The van der Waals surface area contributed by atoms with E-state index in [-0.39, 0.29) is 36.1 Å². The first kappa shape index (κ1) is 25.2. The summed E-state index contributed by atoms with van der Waals surface area (Å²) in [7, 11) is 3.79. The Morgan fingerprint density at radius 2 is 1.55 bits per heavy atom. The van der Waals surface area contributed by atoms with Gasteiger partial charge in [0.25, 0.3) is 5.91 Å². The summed E-state index contributed by atoms with van der Waals surface area (Å²) < 4.78 is 5.26. The second kappa shape index (κ2) is 9.48. The normalized spacial score (nSPS) is 24.9. The maximum Gasteiger partial charge on any atom is 0.251 e. The summed E-state index contributed by atoms with van der Waals surface area (Å²) >= 11 is 0. The second-order valence-corrected chi connectivity index (χ2v) is 11.8. The zero-order valence-corrected chi connectivity index (χ0v) is 23.6. The Kier molecular flexibility index (Phi) is 5.68. The molecule has 3 N–H and O–H groups in total. The van der Waals surface area contributed by atoms with Gasteiger partial charge in [-0.3, -0.25) is 14.6 Å². The molecule has 0 unspecified atom stereocenters. The molecule has 1 fully saturated rings. The summed E-state index contributed by atoms with van der Waals surface area (Å²) in [6, 6.07) is 26.5. The van der Waals surface area contributed by atoms with E-state index in [1.807, 2.05) is 6.07 Å². The molecule has 8 nitrogen and oxygen atoms in total. The molecule has 0 radical (unpaired) electrons. The fraction of sp³-hybridized carbons (Fsp3) is 0.294. The SMILES string of the molecule is COc1ccc(C(=O)NC[C@H]2c3[nH]c4ccccc4c3C[C@H]3[C@H]4c5[nH]c6ccccc6c5C[C@@H]([C@H](C#N)N23)N4C)cc1. The minimum absolute atomic E-state index is 0.0358. The highest BCUT2D eigenvalue weighted by Crippen LogP contribution is 2.51. The number of benzene rings is 3. The number of hydrogen-bond acceptors (Lipinski definition) is 5. The van der Waals surface area contributed by atoms with Crippen molar-refractivity contribution in [1.82, 2.24) is 25.1 Å². The molecular weight excluding hydrogens is 524 g/mol. The highest BCUT2D eigenvalue weighted by atomic mass is 16.5. The molecule has 8 heteroatoms. The quantitative estimate of drug-likeness (QED) is 0.294. The molecule has 2 bridgehead atoms. The smallest absolute Gasteiger partial charge is 0.251 e. The largest absolute Gasteiger partial charge is 0.497 e. The van der Waals surface area contributed by atoms with Gasteiger partial charge in [-0.25, -0.2) is 0 Å². The van der Waals surface area contributed by atoms with Gasteiger partial charge >= 0.3 is 0 Å². The molecule has 42 heavy (non-hydrogen) atoms. The molecule has 3 aromatic carbocycles. The van der Waals surface area contributed by atoms with Crippen LogP contribution in [0.25, 0.3) is 21.8 Å². The molecule has 0 aliphatic carbocycles. The van der Waals surface area contributed by atoms with Crippen LogP contribution in [-0.2, 0) is 12.8 Å². The first-order valence-electron chi connectivity index (χ1n) is 14.6. The fourth-order valence-corrected chi connectivity index (χ4v) is 7.94. The highest BCUT2D eigenvalue weighted by Gasteiger charge is 2.55. The van der Waals surface area contributed by atoms with Crippen LogP contribution in [0.5, 0.6) is 5.75 Å². The zero-order chi connectivity index (χ0) is 28.5. The molecule has 3 aliphatic heterocycles. The van der Waals surface area contributed by atoms with E-state index in [1.54, 1.807) is 31.4 Å². The van der Waals surface area contributed by atoms with Crippen molar-refractivity contribution in [2.45, 2.75) is 43.1 Å². The van der Waals surface area contributed by atoms with Crippen LogP contribution in [0, 0.1) is 11.3 Å². The van der Waals surface area contributed by atoms with Gasteiger partial charge in [0.2, 0.25) is 0 Å². The predicted octanol–water partition coefficient (Wildman–Crippen LogP) is 4.86. The Balaban J connectivity index is 1.24. The number of para-hydroxylation sites is 2. The molecule has 3 aliphatic rings. The summed E-state index contributed by atoms with van der Waals surface area (Å²) in [5.41, 5.74) is 7.79. The number of nitrogens with one attached hydrogen (secondary N) is 3. The average Bonchev–Trinajstić information content (AvgIpc) is 3.58.